The number of rotatable bonds is 7. The average Bonchev–Trinajstić information content (AvgIpc) is 2.50. The van der Waals surface area contributed by atoms with E-state index in [0.29, 0.717) is 0 Å². The largest absolute Gasteiger partial charge is 0.326 e. The number of nitrogens with two attached hydrogens (primary N) is 1. The predicted molar refractivity (Wildman–Crippen MR) is 90.2 cm³/mol. The molecular formula is C19H26N2. The summed E-state index contributed by atoms with van der Waals surface area (Å²) in [7, 11) is 2.17. The van der Waals surface area contributed by atoms with Crippen LogP contribution in [0.3, 0.4) is 0 Å². The molecule has 0 aliphatic rings. The number of nitrogens with zero attached hydrogens (tertiary/aromatic N) is 1. The summed E-state index contributed by atoms with van der Waals surface area (Å²) in [6, 6.07) is 21.5. The summed E-state index contributed by atoms with van der Waals surface area (Å²) in [5, 5.41) is 0. The fraction of sp³-hybridized carbons (Fsp3) is 0.368. The zero-order chi connectivity index (χ0) is 15.1. The van der Waals surface area contributed by atoms with E-state index in [2.05, 4.69) is 73.5 Å². The summed E-state index contributed by atoms with van der Waals surface area (Å²) >= 11 is 0. The minimum atomic E-state index is 0.0892. The molecule has 2 aromatic rings. The molecule has 0 saturated carbocycles. The van der Waals surface area contributed by atoms with Gasteiger partial charge in [0.15, 0.2) is 0 Å². The van der Waals surface area contributed by atoms with Crippen LogP contribution in [0, 0.1) is 0 Å². The monoisotopic (exact) mass is 282 g/mol. The Balaban J connectivity index is 2.18. The van der Waals surface area contributed by atoms with Gasteiger partial charge in [-0.15, -0.1) is 0 Å². The lowest BCUT2D eigenvalue weighted by molar-refractivity contribution is 0.212. The molecule has 0 aliphatic heterocycles. The third-order valence-electron chi connectivity index (χ3n) is 3.91. The van der Waals surface area contributed by atoms with Gasteiger partial charge in [-0.05, 0) is 37.6 Å². The maximum atomic E-state index is 6.57. The van der Waals surface area contributed by atoms with Gasteiger partial charge in [0, 0.05) is 12.1 Å². The molecule has 0 spiro atoms. The van der Waals surface area contributed by atoms with Crippen LogP contribution >= 0.6 is 0 Å². The van der Waals surface area contributed by atoms with Crippen molar-refractivity contribution in [1.29, 1.82) is 0 Å². The third kappa shape index (κ3) is 4.42. The topological polar surface area (TPSA) is 29.3 Å². The van der Waals surface area contributed by atoms with E-state index in [1.807, 2.05) is 6.07 Å². The van der Waals surface area contributed by atoms with Gasteiger partial charge >= 0.3 is 0 Å². The molecule has 2 nitrogen and oxygen atoms in total. The van der Waals surface area contributed by atoms with Gasteiger partial charge < -0.3 is 5.73 Å². The summed E-state index contributed by atoms with van der Waals surface area (Å²) in [5.74, 6) is 0. The first-order chi connectivity index (χ1) is 10.2. The van der Waals surface area contributed by atoms with E-state index in [9.17, 15) is 0 Å². The van der Waals surface area contributed by atoms with Gasteiger partial charge in [0.25, 0.3) is 0 Å². The molecule has 0 amide bonds. The molecule has 2 unspecified atom stereocenters. The smallest absolute Gasteiger partial charge is 0.0499 e. The van der Waals surface area contributed by atoms with E-state index in [1.165, 1.54) is 11.1 Å². The third-order valence-corrected chi connectivity index (χ3v) is 3.91. The number of hydrogen-bond donors (Lipinski definition) is 1. The van der Waals surface area contributed by atoms with E-state index >= 15 is 0 Å². The van der Waals surface area contributed by atoms with Crippen molar-refractivity contribution in [2.45, 2.75) is 31.8 Å². The molecular weight excluding hydrogens is 256 g/mol. The first-order valence-corrected chi connectivity index (χ1v) is 7.77. The second kappa shape index (κ2) is 7.96. The highest BCUT2D eigenvalue weighted by atomic mass is 15.1. The van der Waals surface area contributed by atoms with E-state index in [1.54, 1.807) is 0 Å². The normalized spacial score (nSPS) is 14.1. The first-order valence-electron chi connectivity index (χ1n) is 7.77. The molecule has 2 N–H and O–H groups in total. The minimum Gasteiger partial charge on any atom is -0.326 e. The Morgan fingerprint density at radius 1 is 0.952 bits per heavy atom. The van der Waals surface area contributed by atoms with Crippen LogP contribution < -0.4 is 5.73 Å². The SMILES string of the molecule is CCCN(C)C(c1ccccc1)C(N)Cc1ccccc1. The molecule has 2 rings (SSSR count). The summed E-state index contributed by atoms with van der Waals surface area (Å²) in [5.41, 5.74) is 9.18. The second-order valence-electron chi connectivity index (χ2n) is 5.69. The summed E-state index contributed by atoms with van der Waals surface area (Å²) in [4.78, 5) is 2.38. The second-order valence-corrected chi connectivity index (χ2v) is 5.69. The van der Waals surface area contributed by atoms with Crippen LogP contribution in [0.15, 0.2) is 60.7 Å². The average molecular weight is 282 g/mol. The summed E-state index contributed by atoms with van der Waals surface area (Å²) in [6.45, 7) is 3.27. The lowest BCUT2D eigenvalue weighted by atomic mass is 9.93. The van der Waals surface area contributed by atoms with Crippen LogP contribution in [0.4, 0.5) is 0 Å². The van der Waals surface area contributed by atoms with Crippen LogP contribution in [-0.2, 0) is 6.42 Å². The van der Waals surface area contributed by atoms with Gasteiger partial charge in [-0.1, -0.05) is 67.6 Å². The summed E-state index contributed by atoms with van der Waals surface area (Å²) < 4.78 is 0. The van der Waals surface area contributed by atoms with Crippen LogP contribution in [0.1, 0.15) is 30.5 Å². The number of benzene rings is 2. The predicted octanol–water partition coefficient (Wildman–Crippen LogP) is 3.64. The van der Waals surface area contributed by atoms with Crippen molar-refractivity contribution in [1.82, 2.24) is 4.90 Å². The molecule has 0 heterocycles. The maximum absolute atomic E-state index is 6.57. The van der Waals surface area contributed by atoms with Crippen molar-refractivity contribution in [2.75, 3.05) is 13.6 Å². The van der Waals surface area contributed by atoms with Crippen LogP contribution in [0.25, 0.3) is 0 Å². The highest BCUT2D eigenvalue weighted by molar-refractivity contribution is 5.23. The Hall–Kier alpha value is -1.64. The van der Waals surface area contributed by atoms with Crippen molar-refractivity contribution < 1.29 is 0 Å². The Kier molecular flexibility index (Phi) is 5.97. The zero-order valence-electron chi connectivity index (χ0n) is 13.1. The summed E-state index contributed by atoms with van der Waals surface area (Å²) in [6.07, 6.45) is 2.03. The first kappa shape index (κ1) is 15.7. The molecule has 0 bridgehead atoms. The van der Waals surface area contributed by atoms with E-state index in [0.717, 1.165) is 19.4 Å². The van der Waals surface area contributed by atoms with E-state index in [4.69, 9.17) is 5.73 Å². The van der Waals surface area contributed by atoms with Crippen LogP contribution in [0.2, 0.25) is 0 Å². The van der Waals surface area contributed by atoms with Crippen molar-refractivity contribution in [3.8, 4) is 0 Å². The van der Waals surface area contributed by atoms with E-state index < -0.39 is 0 Å². The van der Waals surface area contributed by atoms with Crippen molar-refractivity contribution in [3.05, 3.63) is 71.8 Å². The Morgan fingerprint density at radius 3 is 2.10 bits per heavy atom. The molecule has 0 fully saturated rings. The van der Waals surface area contributed by atoms with Gasteiger partial charge in [-0.3, -0.25) is 4.90 Å². The molecule has 2 aromatic carbocycles. The highest BCUT2D eigenvalue weighted by Crippen LogP contribution is 2.24. The fourth-order valence-corrected chi connectivity index (χ4v) is 2.97. The van der Waals surface area contributed by atoms with Gasteiger partial charge in [0.05, 0.1) is 0 Å². The molecule has 0 radical (unpaired) electrons. The van der Waals surface area contributed by atoms with Gasteiger partial charge in [-0.2, -0.15) is 0 Å². The quantitative estimate of drug-likeness (QED) is 0.840. The fourth-order valence-electron chi connectivity index (χ4n) is 2.97. The standard InChI is InChI=1S/C19H26N2/c1-3-14-21(2)19(17-12-8-5-9-13-17)18(20)15-16-10-6-4-7-11-16/h4-13,18-19H,3,14-15,20H2,1-2H3. The molecule has 21 heavy (non-hydrogen) atoms. The highest BCUT2D eigenvalue weighted by Gasteiger charge is 2.23. The van der Waals surface area contributed by atoms with Gasteiger partial charge in [-0.25, -0.2) is 0 Å². The van der Waals surface area contributed by atoms with Crippen molar-refractivity contribution in [3.63, 3.8) is 0 Å². The van der Waals surface area contributed by atoms with Crippen LogP contribution in [-0.4, -0.2) is 24.5 Å². The lowest BCUT2D eigenvalue weighted by Gasteiger charge is -2.33. The number of likely N-dealkylation sites (N-methyl/N-ethyl adjacent to an activating group) is 1. The maximum Gasteiger partial charge on any atom is 0.0499 e. The van der Waals surface area contributed by atoms with Crippen molar-refractivity contribution >= 4 is 0 Å². The van der Waals surface area contributed by atoms with E-state index in [-0.39, 0.29) is 12.1 Å². The molecule has 0 aromatic heterocycles. The van der Waals surface area contributed by atoms with Crippen molar-refractivity contribution in [2.24, 2.45) is 5.73 Å². The molecule has 0 saturated heterocycles. The van der Waals surface area contributed by atoms with Crippen LogP contribution in [0.5, 0.6) is 0 Å². The molecule has 0 aliphatic carbocycles. The molecule has 2 atom stereocenters. The zero-order valence-corrected chi connectivity index (χ0v) is 13.1. The minimum absolute atomic E-state index is 0.0892. The Bertz CT molecular complexity index is 510. The Labute approximate surface area is 128 Å². The number of hydrogen-bond acceptors (Lipinski definition) is 2. The molecule has 2 heteroatoms. The van der Waals surface area contributed by atoms with Gasteiger partial charge in [0.1, 0.15) is 0 Å². The van der Waals surface area contributed by atoms with Gasteiger partial charge in [0.2, 0.25) is 0 Å². The lowest BCUT2D eigenvalue weighted by Crippen LogP contribution is -2.40. The molecule has 112 valence electrons. The Morgan fingerprint density at radius 2 is 1.52 bits per heavy atom.